The van der Waals surface area contributed by atoms with E-state index in [4.69, 9.17) is 62.6 Å². The van der Waals surface area contributed by atoms with Crippen molar-refractivity contribution >= 4 is 68.1 Å². The first kappa shape index (κ1) is 18.2. The summed E-state index contributed by atoms with van der Waals surface area (Å²) in [6.07, 6.45) is 0. The Morgan fingerprint density at radius 1 is 1.00 bits per heavy atom. The van der Waals surface area contributed by atoms with Gasteiger partial charge < -0.3 is 1.43 Å². The fourth-order valence-electron chi connectivity index (χ4n) is 0.282. The summed E-state index contributed by atoms with van der Waals surface area (Å²) in [5.74, 6) is 0. The summed E-state index contributed by atoms with van der Waals surface area (Å²) in [5, 5.41) is -1.11. The summed E-state index contributed by atoms with van der Waals surface area (Å²) in [7, 11) is -4.60. The van der Waals surface area contributed by atoms with E-state index >= 15 is 0 Å². The molecule has 0 aliphatic rings. The van der Waals surface area contributed by atoms with Gasteiger partial charge in [0, 0.05) is 0 Å². The Balaban J connectivity index is -0.000000720. The van der Waals surface area contributed by atoms with Crippen LogP contribution in [-0.4, -0.2) is 13.0 Å². The van der Waals surface area contributed by atoms with Gasteiger partial charge in [0.2, 0.25) is 0 Å². The maximum Gasteiger partial charge on any atom is 1.00 e. The van der Waals surface area contributed by atoms with Gasteiger partial charge in [0.15, 0.2) is 4.36 Å². The Morgan fingerprint density at radius 2 is 1.36 bits per heavy atom. The van der Waals surface area contributed by atoms with Crippen molar-refractivity contribution in [1.82, 2.24) is 0 Å². The molecule has 0 fully saturated rings. The molecule has 0 radical (unpaired) electrons. The summed E-state index contributed by atoms with van der Waals surface area (Å²) >= 11 is 26.1. The molecule has 0 heterocycles. The minimum atomic E-state index is -4.60. The molecule has 0 aromatic rings. The Kier molecular flexibility index (Phi) is 9.39. The topological polar surface area (TPSA) is 54.4 Å². The fourth-order valence-corrected chi connectivity index (χ4v) is 1.58. The summed E-state index contributed by atoms with van der Waals surface area (Å²) < 4.78 is 27.7. The van der Waals surface area contributed by atoms with Crippen molar-refractivity contribution in [3.63, 3.8) is 0 Å². The molecule has 0 unspecified atom stereocenters. The fraction of sp³-hybridized carbons (Fsp3) is 0. The number of hydrogen-bond acceptors (Lipinski definition) is 2. The van der Waals surface area contributed by atoms with E-state index in [0.29, 0.717) is 0 Å². The third-order valence-electron chi connectivity index (χ3n) is 0.758. The molecule has 10 heteroatoms. The van der Waals surface area contributed by atoms with Gasteiger partial charge in [-0.2, -0.15) is 8.42 Å². The summed E-state index contributed by atoms with van der Waals surface area (Å²) in [5.41, 5.74) is 0. The van der Waals surface area contributed by atoms with Crippen molar-refractivity contribution in [1.29, 1.82) is 0 Å². The maximum atomic E-state index is 10.4. The van der Waals surface area contributed by atoms with Gasteiger partial charge >= 0.3 is 39.7 Å². The van der Waals surface area contributed by atoms with E-state index in [1.165, 1.54) is 0 Å². The summed E-state index contributed by atoms with van der Waals surface area (Å²) in [6, 6.07) is 0. The van der Waals surface area contributed by atoms with Crippen molar-refractivity contribution in [2.45, 2.75) is 0 Å². The standard InChI is InChI=1S/C4HCl5O3S.Na.H/c5-1(3(7)8)2(6)4(9)13(10,11)12;;/h(H,10,11,12);;/q;+1;-1. The third kappa shape index (κ3) is 5.80. The first-order chi connectivity index (χ1) is 5.68. The normalized spacial score (nSPS) is 12.7. The summed E-state index contributed by atoms with van der Waals surface area (Å²) in [4.78, 5) is 0. The zero-order valence-electron chi connectivity index (χ0n) is 7.56. The van der Waals surface area contributed by atoms with Crippen LogP contribution in [0.15, 0.2) is 18.9 Å². The van der Waals surface area contributed by atoms with Crippen LogP contribution in [0.3, 0.4) is 0 Å². The van der Waals surface area contributed by atoms with E-state index in [1.807, 2.05) is 0 Å². The first-order valence-electron chi connectivity index (χ1n) is 2.41. The first-order valence-corrected chi connectivity index (χ1v) is 5.74. The van der Waals surface area contributed by atoms with E-state index in [-0.39, 0.29) is 31.0 Å². The number of rotatable bonds is 2. The van der Waals surface area contributed by atoms with Gasteiger partial charge in [0.05, 0.1) is 10.1 Å². The second-order valence-corrected chi connectivity index (χ2v) is 5.30. The van der Waals surface area contributed by atoms with Crippen molar-refractivity contribution in [2.75, 3.05) is 0 Å². The minimum Gasteiger partial charge on any atom is -1.00 e. The Bertz CT molecular complexity index is 374. The SMILES string of the molecule is O=S(=O)(O)C(Cl)=C(Cl)C(Cl)=C(Cl)Cl.[H-].[Na+]. The van der Waals surface area contributed by atoms with Crippen molar-refractivity contribution in [3.8, 4) is 0 Å². The van der Waals surface area contributed by atoms with E-state index in [2.05, 4.69) is 0 Å². The van der Waals surface area contributed by atoms with Gasteiger partial charge in [-0.15, -0.1) is 0 Å². The molecule has 0 spiro atoms. The van der Waals surface area contributed by atoms with Crippen LogP contribution >= 0.6 is 58.0 Å². The number of allylic oxidation sites excluding steroid dienone is 2. The molecule has 0 atom stereocenters. The molecule has 0 aromatic heterocycles. The number of halogens is 5. The largest absolute Gasteiger partial charge is 1.00 e. The van der Waals surface area contributed by atoms with Gasteiger partial charge in [-0.1, -0.05) is 58.0 Å². The second kappa shape index (κ2) is 7.22. The molecule has 14 heavy (non-hydrogen) atoms. The average Bonchev–Trinajstić information content (AvgIpc) is 1.98. The van der Waals surface area contributed by atoms with Gasteiger partial charge in [0.25, 0.3) is 0 Å². The van der Waals surface area contributed by atoms with Crippen molar-refractivity contribution in [2.24, 2.45) is 0 Å². The quantitative estimate of drug-likeness (QED) is 0.456. The van der Waals surface area contributed by atoms with E-state index in [1.54, 1.807) is 0 Å². The monoisotopic (exact) mass is 328 g/mol. The molecule has 0 aliphatic heterocycles. The van der Waals surface area contributed by atoms with Crippen LogP contribution in [0.1, 0.15) is 1.43 Å². The second-order valence-electron chi connectivity index (χ2n) is 1.64. The minimum absolute atomic E-state index is 0. The molecular weight excluding hydrogens is 328 g/mol. The Hall–Kier alpha value is 1.84. The van der Waals surface area contributed by atoms with Crippen LogP contribution in [0.2, 0.25) is 0 Å². The maximum absolute atomic E-state index is 10.4. The van der Waals surface area contributed by atoms with Crippen LogP contribution in [0.5, 0.6) is 0 Å². The molecule has 0 saturated heterocycles. The van der Waals surface area contributed by atoms with Crippen LogP contribution in [-0.2, 0) is 10.1 Å². The third-order valence-corrected chi connectivity index (χ3v) is 3.82. The molecule has 78 valence electrons. The van der Waals surface area contributed by atoms with Crippen LogP contribution in [0.4, 0.5) is 0 Å². The zero-order chi connectivity index (χ0) is 10.8. The van der Waals surface area contributed by atoms with Crippen molar-refractivity contribution < 1.29 is 44.0 Å². The average molecular weight is 330 g/mol. The molecular formula is C4H2Cl5NaO3S. The molecule has 1 N–H and O–H groups in total. The molecule has 0 bridgehead atoms. The number of hydrogen-bond donors (Lipinski definition) is 1. The van der Waals surface area contributed by atoms with Gasteiger partial charge in [-0.05, 0) is 0 Å². The van der Waals surface area contributed by atoms with E-state index < -0.39 is 29.0 Å². The Morgan fingerprint density at radius 3 is 1.57 bits per heavy atom. The van der Waals surface area contributed by atoms with Crippen LogP contribution in [0, 0.1) is 0 Å². The predicted molar refractivity (Wildman–Crippen MR) is 56.0 cm³/mol. The van der Waals surface area contributed by atoms with E-state index in [0.717, 1.165) is 0 Å². The molecule has 0 aliphatic carbocycles. The molecule has 0 aromatic carbocycles. The zero-order valence-corrected chi connectivity index (χ0v) is 13.2. The van der Waals surface area contributed by atoms with Gasteiger partial charge in [-0.25, -0.2) is 0 Å². The van der Waals surface area contributed by atoms with Crippen LogP contribution < -0.4 is 29.6 Å². The molecule has 0 rings (SSSR count). The van der Waals surface area contributed by atoms with Gasteiger partial charge in [-0.3, -0.25) is 4.55 Å². The van der Waals surface area contributed by atoms with Gasteiger partial charge in [0.1, 0.15) is 4.49 Å². The predicted octanol–water partition coefficient (Wildman–Crippen LogP) is 0.523. The van der Waals surface area contributed by atoms with Crippen LogP contribution in [0.25, 0.3) is 0 Å². The smallest absolute Gasteiger partial charge is 1.00 e. The molecule has 0 amide bonds. The Labute approximate surface area is 129 Å². The summed E-state index contributed by atoms with van der Waals surface area (Å²) in [6.45, 7) is 0. The molecule has 3 nitrogen and oxygen atoms in total. The molecule has 0 saturated carbocycles. The van der Waals surface area contributed by atoms with E-state index in [9.17, 15) is 8.42 Å². The van der Waals surface area contributed by atoms with Crippen molar-refractivity contribution in [3.05, 3.63) is 18.9 Å².